The van der Waals surface area contributed by atoms with Gasteiger partial charge in [-0.05, 0) is 25.7 Å². The maximum Gasteiger partial charge on any atom is 0.307 e. The van der Waals surface area contributed by atoms with E-state index in [1.807, 2.05) is 0 Å². The highest BCUT2D eigenvalue weighted by atomic mass is 16.4. The van der Waals surface area contributed by atoms with Gasteiger partial charge in [0.15, 0.2) is 0 Å². The van der Waals surface area contributed by atoms with Crippen molar-refractivity contribution < 1.29 is 19.8 Å². The highest BCUT2D eigenvalue weighted by molar-refractivity contribution is 5.89. The van der Waals surface area contributed by atoms with Crippen LogP contribution in [0.25, 0.3) is 0 Å². The summed E-state index contributed by atoms with van der Waals surface area (Å²) >= 11 is 0. The summed E-state index contributed by atoms with van der Waals surface area (Å²) in [5, 5.41) is 18.0. The molecule has 1 aliphatic heterocycles. The van der Waals surface area contributed by atoms with Gasteiger partial charge in [-0.1, -0.05) is 0 Å². The Kier molecular flexibility index (Phi) is 3.14. The number of aliphatic hydroxyl groups excluding tert-OH is 1. The largest absolute Gasteiger partial charge is 0.481 e. The number of amides is 1. The highest BCUT2D eigenvalue weighted by Gasteiger charge is 2.50. The number of carboxylic acid groups (broad SMARTS) is 1. The number of carboxylic acids is 1. The van der Waals surface area contributed by atoms with Crippen LogP contribution in [0.3, 0.4) is 0 Å². The van der Waals surface area contributed by atoms with Crippen LogP contribution in [0, 0.1) is 11.8 Å². The van der Waals surface area contributed by atoms with Crippen LogP contribution >= 0.6 is 0 Å². The van der Waals surface area contributed by atoms with Crippen molar-refractivity contribution in [2.24, 2.45) is 11.8 Å². The molecule has 0 aromatic heterocycles. The van der Waals surface area contributed by atoms with E-state index in [9.17, 15) is 14.7 Å². The van der Waals surface area contributed by atoms with E-state index in [1.165, 1.54) is 0 Å². The Labute approximate surface area is 94.0 Å². The van der Waals surface area contributed by atoms with E-state index >= 15 is 0 Å². The number of piperidine rings is 1. The van der Waals surface area contributed by atoms with Crippen LogP contribution in [0.15, 0.2) is 0 Å². The summed E-state index contributed by atoms with van der Waals surface area (Å²) in [7, 11) is 0. The summed E-state index contributed by atoms with van der Waals surface area (Å²) in [6.07, 6.45) is 3.27. The van der Waals surface area contributed by atoms with Gasteiger partial charge in [-0.3, -0.25) is 9.59 Å². The fourth-order valence-corrected chi connectivity index (χ4v) is 2.43. The normalized spacial score (nSPS) is 33.6. The molecule has 1 amide bonds. The van der Waals surface area contributed by atoms with Crippen LogP contribution in [0.5, 0.6) is 0 Å². The van der Waals surface area contributed by atoms with E-state index in [2.05, 4.69) is 0 Å². The lowest BCUT2D eigenvalue weighted by molar-refractivity contribution is -0.143. The maximum atomic E-state index is 12.0. The fraction of sp³-hybridized carbons (Fsp3) is 0.818. The Morgan fingerprint density at radius 3 is 2.56 bits per heavy atom. The molecule has 90 valence electrons. The zero-order chi connectivity index (χ0) is 11.7. The molecule has 16 heavy (non-hydrogen) atoms. The molecule has 1 heterocycles. The van der Waals surface area contributed by atoms with Crippen LogP contribution < -0.4 is 0 Å². The van der Waals surface area contributed by atoms with Crippen molar-refractivity contribution in [1.29, 1.82) is 0 Å². The lowest BCUT2D eigenvalue weighted by Gasteiger charge is -2.34. The number of hydrogen-bond acceptors (Lipinski definition) is 3. The van der Waals surface area contributed by atoms with Crippen LogP contribution in [-0.2, 0) is 9.59 Å². The summed E-state index contributed by atoms with van der Waals surface area (Å²) in [6.45, 7) is 0.642. The first-order valence-corrected chi connectivity index (χ1v) is 5.79. The molecule has 1 saturated carbocycles. The van der Waals surface area contributed by atoms with E-state index in [-0.39, 0.29) is 24.5 Å². The molecule has 5 nitrogen and oxygen atoms in total. The minimum Gasteiger partial charge on any atom is -0.481 e. The number of hydrogen-bond donors (Lipinski definition) is 2. The van der Waals surface area contributed by atoms with E-state index in [1.54, 1.807) is 4.90 Å². The van der Waals surface area contributed by atoms with Gasteiger partial charge in [-0.25, -0.2) is 0 Å². The molecule has 1 aliphatic carbocycles. The number of likely N-dealkylation sites (tertiary alicyclic amines) is 1. The molecule has 0 bridgehead atoms. The first-order chi connectivity index (χ1) is 7.65. The van der Waals surface area contributed by atoms with Gasteiger partial charge >= 0.3 is 5.97 Å². The summed E-state index contributed by atoms with van der Waals surface area (Å²) < 4.78 is 0. The molecule has 1 saturated heterocycles. The topological polar surface area (TPSA) is 77.8 Å². The van der Waals surface area contributed by atoms with E-state index in [0.717, 1.165) is 19.3 Å². The molecule has 3 unspecified atom stereocenters. The number of carbonyl (C=O) groups is 2. The molecule has 2 fully saturated rings. The van der Waals surface area contributed by atoms with Gasteiger partial charge in [0.2, 0.25) is 5.91 Å². The third-order valence-electron chi connectivity index (χ3n) is 3.55. The van der Waals surface area contributed by atoms with Crippen LogP contribution in [0.4, 0.5) is 0 Å². The van der Waals surface area contributed by atoms with Crippen LogP contribution in [0.1, 0.15) is 25.7 Å². The minimum atomic E-state index is -0.879. The Morgan fingerprint density at radius 2 is 2.00 bits per heavy atom. The smallest absolute Gasteiger partial charge is 0.307 e. The third-order valence-corrected chi connectivity index (χ3v) is 3.55. The van der Waals surface area contributed by atoms with Crippen molar-refractivity contribution in [3.05, 3.63) is 0 Å². The number of aliphatic carboxylic acids is 1. The van der Waals surface area contributed by atoms with Crippen molar-refractivity contribution in [1.82, 2.24) is 4.90 Å². The van der Waals surface area contributed by atoms with E-state index in [0.29, 0.717) is 13.0 Å². The third kappa shape index (κ3) is 2.04. The SMILES string of the molecule is O=C(O)C1CC1C(=O)N1CCCCC1CO. The molecule has 0 radical (unpaired) electrons. The molecule has 0 aromatic rings. The van der Waals surface area contributed by atoms with Gasteiger partial charge in [0.25, 0.3) is 0 Å². The van der Waals surface area contributed by atoms with Crippen molar-refractivity contribution in [2.75, 3.05) is 13.2 Å². The lowest BCUT2D eigenvalue weighted by atomic mass is 10.0. The molecular formula is C11H17NO4. The van der Waals surface area contributed by atoms with E-state index < -0.39 is 11.9 Å². The van der Waals surface area contributed by atoms with Crippen molar-refractivity contribution >= 4 is 11.9 Å². The molecule has 2 N–H and O–H groups in total. The zero-order valence-corrected chi connectivity index (χ0v) is 9.13. The summed E-state index contributed by atoms with van der Waals surface area (Å²) in [5.74, 6) is -1.79. The standard InChI is InChI=1S/C11H17NO4/c13-6-7-3-1-2-4-12(7)10(14)8-5-9(8)11(15)16/h7-9,13H,1-6H2,(H,15,16). The summed E-state index contributed by atoms with van der Waals surface area (Å²) in [4.78, 5) is 24.4. The summed E-state index contributed by atoms with van der Waals surface area (Å²) in [5.41, 5.74) is 0. The zero-order valence-electron chi connectivity index (χ0n) is 9.13. The average molecular weight is 227 g/mol. The van der Waals surface area contributed by atoms with Crippen LogP contribution in [-0.4, -0.2) is 46.2 Å². The predicted molar refractivity (Wildman–Crippen MR) is 55.7 cm³/mol. The molecule has 2 aliphatic rings. The first kappa shape index (κ1) is 11.4. The quantitative estimate of drug-likeness (QED) is 0.715. The van der Waals surface area contributed by atoms with Crippen molar-refractivity contribution in [2.45, 2.75) is 31.7 Å². The van der Waals surface area contributed by atoms with Crippen LogP contribution in [0.2, 0.25) is 0 Å². The van der Waals surface area contributed by atoms with Crippen molar-refractivity contribution in [3.63, 3.8) is 0 Å². The molecule has 0 spiro atoms. The number of nitrogens with zero attached hydrogens (tertiary/aromatic N) is 1. The Balaban J connectivity index is 1.96. The second-order valence-corrected chi connectivity index (χ2v) is 4.65. The van der Waals surface area contributed by atoms with E-state index in [4.69, 9.17) is 5.11 Å². The van der Waals surface area contributed by atoms with Gasteiger partial charge in [-0.2, -0.15) is 0 Å². The maximum absolute atomic E-state index is 12.0. The first-order valence-electron chi connectivity index (χ1n) is 5.79. The lowest BCUT2D eigenvalue weighted by Crippen LogP contribution is -2.46. The molecule has 0 aromatic carbocycles. The monoisotopic (exact) mass is 227 g/mol. The second-order valence-electron chi connectivity index (χ2n) is 4.65. The summed E-state index contributed by atoms with van der Waals surface area (Å²) in [6, 6.07) is -0.101. The van der Waals surface area contributed by atoms with Gasteiger partial charge < -0.3 is 15.1 Å². The average Bonchev–Trinajstić information content (AvgIpc) is 3.08. The van der Waals surface area contributed by atoms with Gasteiger partial charge in [0.05, 0.1) is 24.5 Å². The molecule has 2 rings (SSSR count). The predicted octanol–water partition coefficient (Wildman–Crippen LogP) is 0.0805. The van der Waals surface area contributed by atoms with Gasteiger partial charge in [-0.15, -0.1) is 0 Å². The number of rotatable bonds is 3. The fourth-order valence-electron chi connectivity index (χ4n) is 2.43. The molecule has 5 heteroatoms. The highest BCUT2D eigenvalue weighted by Crippen LogP contribution is 2.41. The molecule has 3 atom stereocenters. The van der Waals surface area contributed by atoms with Crippen molar-refractivity contribution in [3.8, 4) is 0 Å². The molecular weight excluding hydrogens is 210 g/mol. The second kappa shape index (κ2) is 4.41. The Morgan fingerprint density at radius 1 is 1.25 bits per heavy atom. The number of carbonyl (C=O) groups excluding carboxylic acids is 1. The number of aliphatic hydroxyl groups is 1. The van der Waals surface area contributed by atoms with Gasteiger partial charge in [0.1, 0.15) is 0 Å². The Hall–Kier alpha value is -1.10. The minimum absolute atomic E-state index is 0.0177. The van der Waals surface area contributed by atoms with Gasteiger partial charge in [0, 0.05) is 6.54 Å². The Bertz CT molecular complexity index is 304.